The Morgan fingerprint density at radius 1 is 1.04 bits per heavy atom. The molecule has 0 radical (unpaired) electrons. The second-order valence-corrected chi connectivity index (χ2v) is 8.41. The number of carbonyl (C=O) groups is 1. The van der Waals surface area contributed by atoms with Gasteiger partial charge in [-0.15, -0.1) is 11.3 Å². The molecule has 1 saturated heterocycles. The molecule has 1 aliphatic heterocycles. The van der Waals surface area contributed by atoms with Crippen LogP contribution in [0.3, 0.4) is 0 Å². The van der Waals surface area contributed by atoms with Crippen molar-refractivity contribution in [2.75, 3.05) is 13.1 Å². The lowest BCUT2D eigenvalue weighted by Gasteiger charge is -2.32. The van der Waals surface area contributed by atoms with Crippen molar-refractivity contribution in [1.82, 2.24) is 9.88 Å². The highest BCUT2D eigenvalue weighted by Crippen LogP contribution is 2.32. The maximum Gasteiger partial charge on any atom is 0.273 e. The number of nitrogens with zero attached hydrogens (tertiary/aromatic N) is 2. The molecule has 27 heavy (non-hydrogen) atoms. The number of aryl methyl sites for hydroxylation is 1. The molecule has 2 heterocycles. The molecule has 0 N–H and O–H groups in total. The van der Waals surface area contributed by atoms with Crippen LogP contribution in [0.2, 0.25) is 0 Å². The topological polar surface area (TPSA) is 33.2 Å². The van der Waals surface area contributed by atoms with E-state index in [1.165, 1.54) is 5.56 Å². The predicted molar refractivity (Wildman–Crippen MR) is 111 cm³/mol. The Labute approximate surface area is 164 Å². The van der Waals surface area contributed by atoms with Gasteiger partial charge in [0.05, 0.1) is 9.88 Å². The Morgan fingerprint density at radius 3 is 2.33 bits per heavy atom. The molecule has 3 nitrogen and oxygen atoms in total. The van der Waals surface area contributed by atoms with Crippen LogP contribution in [-0.4, -0.2) is 28.9 Å². The zero-order chi connectivity index (χ0) is 18.6. The van der Waals surface area contributed by atoms with Gasteiger partial charge in [-0.25, -0.2) is 4.98 Å². The third kappa shape index (κ3) is 4.11. The Morgan fingerprint density at radius 2 is 1.67 bits per heavy atom. The largest absolute Gasteiger partial charge is 0.337 e. The summed E-state index contributed by atoms with van der Waals surface area (Å²) in [6, 6.07) is 20.8. The number of likely N-dealkylation sites (tertiary alicyclic amines) is 1. The number of piperidine rings is 1. The first-order valence-electron chi connectivity index (χ1n) is 9.57. The van der Waals surface area contributed by atoms with Gasteiger partial charge in [-0.2, -0.15) is 0 Å². The van der Waals surface area contributed by atoms with Gasteiger partial charge in [-0.05, 0) is 43.2 Å². The molecule has 0 aliphatic carbocycles. The second-order valence-electron chi connectivity index (χ2n) is 7.20. The van der Waals surface area contributed by atoms with Crippen LogP contribution >= 0.6 is 11.3 Å². The molecule has 1 aromatic heterocycles. The number of aromatic nitrogens is 1. The molecular formula is C23H24N2OS. The molecular weight excluding hydrogens is 352 g/mol. The molecule has 0 spiro atoms. The summed E-state index contributed by atoms with van der Waals surface area (Å²) in [5.41, 5.74) is 3.08. The summed E-state index contributed by atoms with van der Waals surface area (Å²) >= 11 is 1.60. The fraction of sp³-hybridized carbons (Fsp3) is 0.304. The van der Waals surface area contributed by atoms with Crippen LogP contribution in [0.4, 0.5) is 0 Å². The van der Waals surface area contributed by atoms with E-state index in [2.05, 4.69) is 47.4 Å². The summed E-state index contributed by atoms with van der Waals surface area (Å²) in [6.07, 6.45) is 3.22. The van der Waals surface area contributed by atoms with E-state index in [9.17, 15) is 4.79 Å². The molecule has 1 fully saturated rings. The van der Waals surface area contributed by atoms with Crippen LogP contribution in [-0.2, 0) is 6.42 Å². The summed E-state index contributed by atoms with van der Waals surface area (Å²) in [7, 11) is 0. The maximum atomic E-state index is 13.1. The number of hydrogen-bond acceptors (Lipinski definition) is 3. The number of amides is 1. The fourth-order valence-corrected chi connectivity index (χ4v) is 4.71. The van der Waals surface area contributed by atoms with Crippen molar-refractivity contribution in [3.63, 3.8) is 0 Å². The van der Waals surface area contributed by atoms with Crippen LogP contribution < -0.4 is 0 Å². The maximum absolute atomic E-state index is 13.1. The van der Waals surface area contributed by atoms with E-state index < -0.39 is 0 Å². The minimum absolute atomic E-state index is 0.0800. The standard InChI is InChI=1S/C23H24N2OS/c1-17-24-21(22(27-17)20-10-6-3-7-11-20)23(26)25-14-12-19(13-15-25)16-18-8-4-2-5-9-18/h2-11,19H,12-16H2,1H3. The smallest absolute Gasteiger partial charge is 0.273 e. The van der Waals surface area contributed by atoms with E-state index in [0.717, 1.165) is 47.8 Å². The van der Waals surface area contributed by atoms with Gasteiger partial charge < -0.3 is 4.90 Å². The highest BCUT2D eigenvalue weighted by molar-refractivity contribution is 7.15. The first kappa shape index (κ1) is 17.9. The lowest BCUT2D eigenvalue weighted by molar-refractivity contribution is 0.0686. The van der Waals surface area contributed by atoms with Crippen molar-refractivity contribution in [2.45, 2.75) is 26.2 Å². The predicted octanol–water partition coefficient (Wildman–Crippen LogP) is 5.21. The number of benzene rings is 2. The molecule has 1 amide bonds. The van der Waals surface area contributed by atoms with E-state index >= 15 is 0 Å². The first-order chi connectivity index (χ1) is 13.2. The average Bonchev–Trinajstić information content (AvgIpc) is 3.11. The Kier molecular flexibility index (Phi) is 5.35. The van der Waals surface area contributed by atoms with Gasteiger partial charge in [0.15, 0.2) is 0 Å². The second kappa shape index (κ2) is 8.05. The Balaban J connectivity index is 1.44. The third-order valence-electron chi connectivity index (χ3n) is 5.24. The Hall–Kier alpha value is -2.46. The first-order valence-corrected chi connectivity index (χ1v) is 10.4. The number of hydrogen-bond donors (Lipinski definition) is 0. The Bertz CT molecular complexity index is 897. The average molecular weight is 377 g/mol. The van der Waals surface area contributed by atoms with Crippen molar-refractivity contribution in [1.29, 1.82) is 0 Å². The normalized spacial score (nSPS) is 15.1. The molecule has 4 heteroatoms. The zero-order valence-corrected chi connectivity index (χ0v) is 16.4. The summed E-state index contributed by atoms with van der Waals surface area (Å²) in [4.78, 5) is 20.7. The molecule has 2 aromatic carbocycles. The van der Waals surface area contributed by atoms with E-state index in [4.69, 9.17) is 0 Å². The minimum atomic E-state index is 0.0800. The summed E-state index contributed by atoms with van der Waals surface area (Å²) in [6.45, 7) is 3.61. The van der Waals surface area contributed by atoms with Gasteiger partial charge in [0, 0.05) is 13.1 Å². The van der Waals surface area contributed by atoms with Crippen LogP contribution in [0.25, 0.3) is 10.4 Å². The van der Waals surface area contributed by atoms with Crippen molar-refractivity contribution in [3.8, 4) is 10.4 Å². The molecule has 0 atom stereocenters. The van der Waals surface area contributed by atoms with Gasteiger partial charge in [-0.1, -0.05) is 60.7 Å². The summed E-state index contributed by atoms with van der Waals surface area (Å²) < 4.78 is 0. The van der Waals surface area contributed by atoms with Crippen LogP contribution in [0.15, 0.2) is 60.7 Å². The van der Waals surface area contributed by atoms with E-state index in [0.29, 0.717) is 11.6 Å². The van der Waals surface area contributed by atoms with Crippen molar-refractivity contribution in [2.24, 2.45) is 5.92 Å². The van der Waals surface area contributed by atoms with Crippen LogP contribution in [0.1, 0.15) is 33.9 Å². The van der Waals surface area contributed by atoms with Crippen LogP contribution in [0.5, 0.6) is 0 Å². The van der Waals surface area contributed by atoms with Gasteiger partial charge in [-0.3, -0.25) is 4.79 Å². The lowest BCUT2D eigenvalue weighted by Crippen LogP contribution is -2.39. The van der Waals surface area contributed by atoms with Gasteiger partial charge >= 0.3 is 0 Å². The highest BCUT2D eigenvalue weighted by atomic mass is 32.1. The quantitative estimate of drug-likeness (QED) is 0.626. The van der Waals surface area contributed by atoms with Crippen molar-refractivity contribution < 1.29 is 4.79 Å². The third-order valence-corrected chi connectivity index (χ3v) is 6.26. The molecule has 138 valence electrons. The number of rotatable bonds is 4. The molecule has 3 aromatic rings. The van der Waals surface area contributed by atoms with Crippen LogP contribution in [0, 0.1) is 12.8 Å². The number of carbonyl (C=O) groups excluding carboxylic acids is 1. The summed E-state index contributed by atoms with van der Waals surface area (Å²) in [5.74, 6) is 0.735. The van der Waals surface area contributed by atoms with Gasteiger partial charge in [0.25, 0.3) is 5.91 Å². The van der Waals surface area contributed by atoms with E-state index in [1.54, 1.807) is 11.3 Å². The van der Waals surface area contributed by atoms with Gasteiger partial charge in [0.2, 0.25) is 0 Å². The zero-order valence-electron chi connectivity index (χ0n) is 15.6. The molecule has 0 bridgehead atoms. The molecule has 0 unspecified atom stereocenters. The van der Waals surface area contributed by atoms with E-state index in [1.807, 2.05) is 30.0 Å². The highest BCUT2D eigenvalue weighted by Gasteiger charge is 2.27. The SMILES string of the molecule is Cc1nc(C(=O)N2CCC(Cc3ccccc3)CC2)c(-c2ccccc2)s1. The number of thiazole rings is 1. The molecule has 0 saturated carbocycles. The fourth-order valence-electron chi connectivity index (χ4n) is 3.79. The summed E-state index contributed by atoms with van der Waals surface area (Å²) in [5, 5.41) is 0.941. The van der Waals surface area contributed by atoms with Crippen molar-refractivity contribution >= 4 is 17.2 Å². The molecule has 1 aliphatic rings. The van der Waals surface area contributed by atoms with E-state index in [-0.39, 0.29) is 5.91 Å². The van der Waals surface area contributed by atoms with Crippen molar-refractivity contribution in [3.05, 3.63) is 76.9 Å². The minimum Gasteiger partial charge on any atom is -0.337 e. The monoisotopic (exact) mass is 376 g/mol. The molecule has 4 rings (SSSR count). The lowest BCUT2D eigenvalue weighted by atomic mass is 9.90. The van der Waals surface area contributed by atoms with Gasteiger partial charge in [0.1, 0.15) is 5.69 Å².